The Hall–Kier alpha value is -0.770. The highest BCUT2D eigenvalue weighted by atomic mass is 35.5. The van der Waals surface area contributed by atoms with Crippen LogP contribution in [0.1, 0.15) is 18.5 Å². The van der Waals surface area contributed by atoms with Crippen LogP contribution in [-0.2, 0) is 0 Å². The lowest BCUT2D eigenvalue weighted by Crippen LogP contribution is -2.12. The number of hydrogen-bond acceptors (Lipinski definition) is 3. The third kappa shape index (κ3) is 1.88. The zero-order valence-electron chi connectivity index (χ0n) is 6.58. The van der Waals surface area contributed by atoms with Crippen LogP contribution in [-0.4, -0.2) is 10.3 Å². The Labute approximate surface area is 75.6 Å². The van der Waals surface area contributed by atoms with E-state index in [2.05, 4.69) is 5.48 Å². The van der Waals surface area contributed by atoms with Crippen LogP contribution in [0.5, 0.6) is 5.75 Å². The van der Waals surface area contributed by atoms with E-state index in [1.807, 2.05) is 0 Å². The molecule has 0 radical (unpaired) electrons. The summed E-state index contributed by atoms with van der Waals surface area (Å²) in [5.74, 6) is 0.0468. The summed E-state index contributed by atoms with van der Waals surface area (Å²) >= 11 is 5.66. The number of nitrogens with one attached hydrogen (secondary N) is 1. The van der Waals surface area contributed by atoms with Gasteiger partial charge in [0.2, 0.25) is 0 Å². The van der Waals surface area contributed by atoms with Gasteiger partial charge in [-0.1, -0.05) is 17.7 Å². The summed E-state index contributed by atoms with van der Waals surface area (Å²) in [7, 11) is 0. The van der Waals surface area contributed by atoms with Gasteiger partial charge in [-0.2, -0.15) is 5.48 Å². The van der Waals surface area contributed by atoms with Crippen molar-refractivity contribution in [3.8, 4) is 5.75 Å². The Morgan fingerprint density at radius 3 is 2.67 bits per heavy atom. The Bertz CT molecular complexity index is 278. The second-order valence-electron chi connectivity index (χ2n) is 2.56. The zero-order chi connectivity index (χ0) is 9.14. The molecule has 0 amide bonds. The molecule has 66 valence electrons. The Morgan fingerprint density at radius 2 is 2.17 bits per heavy atom. The number of phenols is 1. The van der Waals surface area contributed by atoms with E-state index in [0.717, 1.165) is 5.56 Å². The second kappa shape index (κ2) is 3.76. The first-order valence-electron chi connectivity index (χ1n) is 3.53. The molecule has 1 rings (SSSR count). The van der Waals surface area contributed by atoms with Crippen molar-refractivity contribution in [3.63, 3.8) is 0 Å². The highest BCUT2D eigenvalue weighted by Gasteiger charge is 2.05. The molecule has 3 N–H and O–H groups in total. The third-order valence-corrected chi connectivity index (χ3v) is 1.97. The number of aromatic hydroxyl groups is 1. The van der Waals surface area contributed by atoms with Crippen molar-refractivity contribution in [2.45, 2.75) is 13.0 Å². The van der Waals surface area contributed by atoms with Crippen LogP contribution in [0.3, 0.4) is 0 Å². The van der Waals surface area contributed by atoms with E-state index in [1.54, 1.807) is 19.1 Å². The molecule has 0 saturated heterocycles. The molecule has 1 unspecified atom stereocenters. The Morgan fingerprint density at radius 1 is 1.50 bits per heavy atom. The molecule has 0 aliphatic rings. The van der Waals surface area contributed by atoms with Gasteiger partial charge in [0.05, 0.1) is 11.1 Å². The predicted molar refractivity (Wildman–Crippen MR) is 46.5 cm³/mol. The van der Waals surface area contributed by atoms with Gasteiger partial charge in [0.1, 0.15) is 5.75 Å². The molecule has 3 nitrogen and oxygen atoms in total. The standard InChI is InChI=1S/C8H10ClNO2/c1-5(10-12)6-2-3-8(11)7(9)4-6/h2-5,10-12H,1H3. The maximum Gasteiger partial charge on any atom is 0.134 e. The van der Waals surface area contributed by atoms with Gasteiger partial charge in [-0.05, 0) is 24.6 Å². The van der Waals surface area contributed by atoms with Crippen LogP contribution >= 0.6 is 11.6 Å². The monoisotopic (exact) mass is 187 g/mol. The van der Waals surface area contributed by atoms with Crippen molar-refractivity contribution in [2.75, 3.05) is 0 Å². The van der Waals surface area contributed by atoms with E-state index in [9.17, 15) is 0 Å². The molecule has 0 aromatic heterocycles. The summed E-state index contributed by atoms with van der Waals surface area (Å²) in [5, 5.41) is 18.0. The van der Waals surface area contributed by atoms with Crippen LogP contribution in [0, 0.1) is 0 Å². The van der Waals surface area contributed by atoms with Crippen molar-refractivity contribution in [1.82, 2.24) is 5.48 Å². The van der Waals surface area contributed by atoms with Gasteiger partial charge in [0.25, 0.3) is 0 Å². The van der Waals surface area contributed by atoms with Gasteiger partial charge in [0.15, 0.2) is 0 Å². The van der Waals surface area contributed by atoms with E-state index in [0.29, 0.717) is 0 Å². The van der Waals surface area contributed by atoms with Crippen LogP contribution in [0.4, 0.5) is 0 Å². The van der Waals surface area contributed by atoms with Gasteiger partial charge in [0, 0.05) is 0 Å². The number of hydrogen-bond donors (Lipinski definition) is 3. The van der Waals surface area contributed by atoms with Crippen LogP contribution < -0.4 is 5.48 Å². The summed E-state index contributed by atoms with van der Waals surface area (Å²) in [4.78, 5) is 0. The summed E-state index contributed by atoms with van der Waals surface area (Å²) in [6, 6.07) is 4.59. The lowest BCUT2D eigenvalue weighted by atomic mass is 10.1. The Balaban J connectivity index is 2.96. The predicted octanol–water partition coefficient (Wildman–Crippen LogP) is 2.09. The van der Waals surface area contributed by atoms with Crippen molar-refractivity contribution >= 4 is 11.6 Å². The summed E-state index contributed by atoms with van der Waals surface area (Å²) in [6.45, 7) is 1.78. The fourth-order valence-corrected chi connectivity index (χ4v) is 1.06. The number of benzene rings is 1. The fourth-order valence-electron chi connectivity index (χ4n) is 0.867. The van der Waals surface area contributed by atoms with Gasteiger partial charge >= 0.3 is 0 Å². The molecule has 1 atom stereocenters. The van der Waals surface area contributed by atoms with Gasteiger partial charge in [-0.15, -0.1) is 0 Å². The molecular weight excluding hydrogens is 178 g/mol. The van der Waals surface area contributed by atoms with Gasteiger partial charge in [-0.3, -0.25) is 0 Å². The number of halogens is 1. The summed E-state index contributed by atoms with van der Waals surface area (Å²) in [6.07, 6.45) is 0. The molecule has 0 heterocycles. The first-order chi connectivity index (χ1) is 5.65. The molecule has 12 heavy (non-hydrogen) atoms. The molecule has 1 aromatic carbocycles. The number of rotatable bonds is 2. The molecule has 0 saturated carbocycles. The van der Waals surface area contributed by atoms with Crippen LogP contribution in [0.2, 0.25) is 5.02 Å². The van der Waals surface area contributed by atoms with Crippen molar-refractivity contribution in [2.24, 2.45) is 0 Å². The molecule has 1 aromatic rings. The minimum Gasteiger partial charge on any atom is -0.506 e. The molecule has 0 aliphatic heterocycles. The molecule has 0 aliphatic carbocycles. The minimum atomic E-state index is -0.192. The van der Waals surface area contributed by atoms with E-state index in [-0.39, 0.29) is 16.8 Å². The topological polar surface area (TPSA) is 52.5 Å². The summed E-state index contributed by atoms with van der Waals surface area (Å²) < 4.78 is 0. The quantitative estimate of drug-likeness (QED) is 0.622. The summed E-state index contributed by atoms with van der Waals surface area (Å²) in [5.41, 5.74) is 2.91. The van der Waals surface area contributed by atoms with Crippen molar-refractivity contribution in [1.29, 1.82) is 0 Å². The highest BCUT2D eigenvalue weighted by Crippen LogP contribution is 2.26. The normalized spacial score (nSPS) is 12.9. The van der Waals surface area contributed by atoms with Crippen LogP contribution in [0.25, 0.3) is 0 Å². The molecule has 0 bridgehead atoms. The fraction of sp³-hybridized carbons (Fsp3) is 0.250. The lowest BCUT2D eigenvalue weighted by Gasteiger charge is -2.09. The second-order valence-corrected chi connectivity index (χ2v) is 2.97. The first-order valence-corrected chi connectivity index (χ1v) is 3.91. The average Bonchev–Trinajstić information content (AvgIpc) is 2.08. The highest BCUT2D eigenvalue weighted by molar-refractivity contribution is 6.32. The molecular formula is C8H10ClNO2. The molecule has 0 fully saturated rings. The van der Waals surface area contributed by atoms with E-state index < -0.39 is 0 Å². The molecule has 0 spiro atoms. The Kier molecular flexibility index (Phi) is 2.92. The number of hydroxylamine groups is 1. The van der Waals surface area contributed by atoms with E-state index in [4.69, 9.17) is 21.9 Å². The third-order valence-electron chi connectivity index (χ3n) is 1.67. The molecule has 4 heteroatoms. The number of phenolic OH excluding ortho intramolecular Hbond substituents is 1. The van der Waals surface area contributed by atoms with E-state index >= 15 is 0 Å². The largest absolute Gasteiger partial charge is 0.506 e. The van der Waals surface area contributed by atoms with Gasteiger partial charge < -0.3 is 10.3 Å². The van der Waals surface area contributed by atoms with Crippen molar-refractivity contribution < 1.29 is 10.3 Å². The maximum atomic E-state index is 9.08. The van der Waals surface area contributed by atoms with Crippen molar-refractivity contribution in [3.05, 3.63) is 28.8 Å². The minimum absolute atomic E-state index is 0.0468. The average molecular weight is 188 g/mol. The first kappa shape index (κ1) is 9.32. The SMILES string of the molecule is CC(NO)c1ccc(O)c(Cl)c1. The smallest absolute Gasteiger partial charge is 0.134 e. The van der Waals surface area contributed by atoms with E-state index in [1.165, 1.54) is 6.07 Å². The van der Waals surface area contributed by atoms with Crippen LogP contribution in [0.15, 0.2) is 18.2 Å². The maximum absolute atomic E-state index is 9.08. The zero-order valence-corrected chi connectivity index (χ0v) is 7.34. The van der Waals surface area contributed by atoms with Gasteiger partial charge in [-0.25, -0.2) is 0 Å². The lowest BCUT2D eigenvalue weighted by molar-refractivity contribution is 0.133.